The molecule has 92 valence electrons. The third kappa shape index (κ3) is 5.15. The van der Waals surface area contributed by atoms with E-state index in [2.05, 4.69) is 5.10 Å². The Balaban J connectivity index is 2.58. The van der Waals surface area contributed by atoms with E-state index in [0.29, 0.717) is 0 Å². The molecule has 0 aliphatic carbocycles. The molecule has 0 N–H and O–H groups in total. The molecule has 0 bridgehead atoms. The topological polar surface area (TPSA) is 41.9 Å². The van der Waals surface area contributed by atoms with Gasteiger partial charge < -0.3 is 4.74 Å². The van der Waals surface area contributed by atoms with Gasteiger partial charge in [-0.3, -0.25) is 0 Å². The summed E-state index contributed by atoms with van der Waals surface area (Å²) in [7, 11) is 1.56. The summed E-state index contributed by atoms with van der Waals surface area (Å²) in [6.45, 7) is 5.46. The van der Waals surface area contributed by atoms with Crippen molar-refractivity contribution in [2.75, 3.05) is 7.05 Å². The summed E-state index contributed by atoms with van der Waals surface area (Å²) in [6.07, 6.45) is 1.15. The molecule has 1 rings (SSSR count). The van der Waals surface area contributed by atoms with Gasteiger partial charge in [0, 0.05) is 7.05 Å². The number of carbonyl (C=O) groups excluding carboxylic acids is 1. The normalized spacial score (nSPS) is 11.5. The van der Waals surface area contributed by atoms with Crippen molar-refractivity contribution < 1.29 is 9.53 Å². The molecule has 0 atom stereocenters. The Morgan fingerprint density at radius 2 is 1.88 bits per heavy atom. The van der Waals surface area contributed by atoms with Gasteiger partial charge in [0.1, 0.15) is 5.60 Å². The zero-order chi connectivity index (χ0) is 12.9. The maximum atomic E-state index is 11.6. The monoisotopic (exact) mass is 234 g/mol. The molecule has 0 saturated carbocycles. The quantitative estimate of drug-likeness (QED) is 0.583. The predicted molar refractivity (Wildman–Crippen MR) is 68.0 cm³/mol. The van der Waals surface area contributed by atoms with Crippen molar-refractivity contribution in [3.8, 4) is 0 Å². The molecule has 0 aromatic heterocycles. The molecule has 1 amide bonds. The highest BCUT2D eigenvalue weighted by molar-refractivity contribution is 5.80. The molecule has 0 saturated heterocycles. The van der Waals surface area contributed by atoms with Crippen LogP contribution in [-0.2, 0) is 4.74 Å². The second-order valence-electron chi connectivity index (χ2n) is 4.66. The highest BCUT2D eigenvalue weighted by Gasteiger charge is 2.18. The predicted octanol–water partition coefficient (Wildman–Crippen LogP) is 2.89. The third-order valence-electron chi connectivity index (χ3n) is 1.84. The molecule has 0 radical (unpaired) electrons. The van der Waals surface area contributed by atoms with Crippen molar-refractivity contribution in [3.05, 3.63) is 35.9 Å². The summed E-state index contributed by atoms with van der Waals surface area (Å²) in [5.74, 6) is 0. The number of hydrogen-bond acceptors (Lipinski definition) is 3. The van der Waals surface area contributed by atoms with Crippen LogP contribution in [0.15, 0.2) is 35.4 Å². The van der Waals surface area contributed by atoms with Crippen molar-refractivity contribution in [2.45, 2.75) is 26.4 Å². The second kappa shape index (κ2) is 5.48. The summed E-state index contributed by atoms with van der Waals surface area (Å²) >= 11 is 0. The van der Waals surface area contributed by atoms with Gasteiger partial charge >= 0.3 is 6.09 Å². The second-order valence-corrected chi connectivity index (χ2v) is 4.66. The van der Waals surface area contributed by atoms with Crippen LogP contribution in [0.4, 0.5) is 4.79 Å². The Bertz CT molecular complexity index is 394. The van der Waals surface area contributed by atoms with E-state index >= 15 is 0 Å². The number of ether oxygens (including phenoxy) is 1. The van der Waals surface area contributed by atoms with Crippen LogP contribution >= 0.6 is 0 Å². The van der Waals surface area contributed by atoms with Crippen LogP contribution in [0.5, 0.6) is 0 Å². The lowest BCUT2D eigenvalue weighted by atomic mass is 10.2. The van der Waals surface area contributed by atoms with Gasteiger partial charge in [0.05, 0.1) is 6.21 Å². The molecule has 1 aromatic carbocycles. The molecule has 1 aromatic rings. The Labute approximate surface area is 102 Å². The van der Waals surface area contributed by atoms with Gasteiger partial charge in [0.25, 0.3) is 0 Å². The molecule has 0 aliphatic heterocycles. The Kier molecular flexibility index (Phi) is 4.26. The average molecular weight is 234 g/mol. The van der Waals surface area contributed by atoms with Crippen LogP contribution < -0.4 is 0 Å². The minimum absolute atomic E-state index is 0.468. The number of hydrogen-bond donors (Lipinski definition) is 0. The number of benzene rings is 1. The van der Waals surface area contributed by atoms with Gasteiger partial charge in [-0.15, -0.1) is 0 Å². The first-order valence-corrected chi connectivity index (χ1v) is 5.44. The average Bonchev–Trinajstić information content (AvgIpc) is 2.25. The highest BCUT2D eigenvalue weighted by Crippen LogP contribution is 2.09. The number of rotatable bonds is 2. The van der Waals surface area contributed by atoms with Gasteiger partial charge in [-0.1, -0.05) is 30.3 Å². The van der Waals surface area contributed by atoms with Crippen molar-refractivity contribution in [1.29, 1.82) is 0 Å². The fraction of sp³-hybridized carbons (Fsp3) is 0.385. The SMILES string of the molecule is CN(N=Cc1ccccc1)C(=O)OC(C)(C)C. The van der Waals surface area contributed by atoms with Crippen LogP contribution in [0.3, 0.4) is 0 Å². The fourth-order valence-electron chi connectivity index (χ4n) is 1.07. The maximum Gasteiger partial charge on any atom is 0.430 e. The third-order valence-corrected chi connectivity index (χ3v) is 1.84. The van der Waals surface area contributed by atoms with Crippen LogP contribution in [0.2, 0.25) is 0 Å². The summed E-state index contributed by atoms with van der Waals surface area (Å²) in [5, 5.41) is 5.19. The smallest absolute Gasteiger partial charge is 0.430 e. The zero-order valence-corrected chi connectivity index (χ0v) is 10.7. The summed E-state index contributed by atoms with van der Waals surface area (Å²) in [4.78, 5) is 11.6. The Hall–Kier alpha value is -1.84. The van der Waals surface area contributed by atoms with Crippen LogP contribution in [0.25, 0.3) is 0 Å². The molecule has 0 fully saturated rings. The van der Waals surface area contributed by atoms with E-state index in [9.17, 15) is 4.79 Å². The minimum atomic E-state index is -0.506. The van der Waals surface area contributed by atoms with E-state index in [1.165, 1.54) is 5.01 Å². The van der Waals surface area contributed by atoms with Gasteiger partial charge in [-0.2, -0.15) is 5.10 Å². The first kappa shape index (κ1) is 13.2. The van der Waals surface area contributed by atoms with Crippen molar-refractivity contribution in [2.24, 2.45) is 5.10 Å². The van der Waals surface area contributed by atoms with Crippen molar-refractivity contribution in [3.63, 3.8) is 0 Å². The van der Waals surface area contributed by atoms with E-state index < -0.39 is 11.7 Å². The standard InChI is InChI=1S/C13H18N2O2/c1-13(2,3)17-12(16)15(4)14-10-11-8-6-5-7-9-11/h5-10H,1-4H3. The zero-order valence-electron chi connectivity index (χ0n) is 10.7. The van der Waals surface area contributed by atoms with Gasteiger partial charge in [0.15, 0.2) is 0 Å². The number of hydrazone groups is 1. The first-order valence-electron chi connectivity index (χ1n) is 5.44. The molecule has 0 heterocycles. The lowest BCUT2D eigenvalue weighted by molar-refractivity contribution is 0.0304. The van der Waals surface area contributed by atoms with E-state index in [1.807, 2.05) is 51.1 Å². The molecule has 0 unspecified atom stereocenters. The first-order chi connectivity index (χ1) is 7.88. The Morgan fingerprint density at radius 3 is 2.41 bits per heavy atom. The molecule has 4 heteroatoms. The van der Waals surface area contributed by atoms with Crippen LogP contribution in [0.1, 0.15) is 26.3 Å². The van der Waals surface area contributed by atoms with Crippen molar-refractivity contribution >= 4 is 12.3 Å². The largest absolute Gasteiger partial charge is 0.442 e. The molecular weight excluding hydrogens is 216 g/mol. The van der Waals surface area contributed by atoms with Gasteiger partial charge in [0.2, 0.25) is 0 Å². The van der Waals surface area contributed by atoms with Crippen molar-refractivity contribution in [1.82, 2.24) is 5.01 Å². The molecular formula is C13H18N2O2. The summed E-state index contributed by atoms with van der Waals surface area (Å²) < 4.78 is 5.16. The van der Waals surface area contributed by atoms with Crippen LogP contribution in [-0.4, -0.2) is 30.0 Å². The van der Waals surface area contributed by atoms with Gasteiger partial charge in [-0.05, 0) is 26.3 Å². The summed E-state index contributed by atoms with van der Waals surface area (Å²) in [5.41, 5.74) is 0.427. The fourth-order valence-corrected chi connectivity index (χ4v) is 1.07. The number of carbonyl (C=O) groups is 1. The lowest BCUT2D eigenvalue weighted by Gasteiger charge is -2.21. The lowest BCUT2D eigenvalue weighted by Crippen LogP contribution is -2.31. The van der Waals surface area contributed by atoms with E-state index in [1.54, 1.807) is 13.3 Å². The van der Waals surface area contributed by atoms with Crippen LogP contribution in [0, 0.1) is 0 Å². The molecule has 0 spiro atoms. The molecule has 17 heavy (non-hydrogen) atoms. The number of nitrogens with zero attached hydrogens (tertiary/aromatic N) is 2. The van der Waals surface area contributed by atoms with Gasteiger partial charge in [-0.25, -0.2) is 9.80 Å². The summed E-state index contributed by atoms with van der Waals surface area (Å²) in [6, 6.07) is 9.57. The van der Waals surface area contributed by atoms with E-state index in [4.69, 9.17) is 4.74 Å². The highest BCUT2D eigenvalue weighted by atomic mass is 16.6. The molecule has 0 aliphatic rings. The van der Waals surface area contributed by atoms with E-state index in [-0.39, 0.29) is 0 Å². The number of amides is 1. The molecule has 4 nitrogen and oxygen atoms in total. The maximum absolute atomic E-state index is 11.6. The van der Waals surface area contributed by atoms with E-state index in [0.717, 1.165) is 5.56 Å². The minimum Gasteiger partial charge on any atom is -0.442 e. The Morgan fingerprint density at radius 1 is 1.29 bits per heavy atom.